The molecule has 2 rings (SSSR count). The van der Waals surface area contributed by atoms with Crippen LogP contribution >= 0.6 is 15.9 Å². The lowest BCUT2D eigenvalue weighted by atomic mass is 10.0. The first kappa shape index (κ1) is 12.8. The highest BCUT2D eigenvalue weighted by Crippen LogP contribution is 2.46. The summed E-state index contributed by atoms with van der Waals surface area (Å²) in [7, 11) is 1.50. The molecule has 0 atom stereocenters. The van der Waals surface area contributed by atoms with E-state index in [1.807, 2.05) is 6.92 Å². The number of nitrogen functional groups attached to an aromatic ring is 1. The SMILES string of the molecule is CCc1cc(OC)c(O)c(-c2cnoc2N)c1Br. The molecule has 0 amide bonds. The average Bonchev–Trinajstić information content (AvgIpc) is 2.76. The smallest absolute Gasteiger partial charge is 0.230 e. The van der Waals surface area contributed by atoms with Gasteiger partial charge < -0.3 is 20.1 Å². The van der Waals surface area contributed by atoms with Crippen molar-refractivity contribution >= 4 is 21.8 Å². The Hall–Kier alpha value is -1.69. The van der Waals surface area contributed by atoms with Crippen LogP contribution in [0.25, 0.3) is 11.1 Å². The van der Waals surface area contributed by atoms with E-state index in [2.05, 4.69) is 21.1 Å². The zero-order chi connectivity index (χ0) is 13.3. The molecule has 0 unspecified atom stereocenters. The van der Waals surface area contributed by atoms with Gasteiger partial charge in [-0.15, -0.1) is 0 Å². The van der Waals surface area contributed by atoms with Gasteiger partial charge in [-0.1, -0.05) is 12.1 Å². The summed E-state index contributed by atoms with van der Waals surface area (Å²) in [6.45, 7) is 2.01. The molecule has 1 aromatic heterocycles. The van der Waals surface area contributed by atoms with Gasteiger partial charge in [0.1, 0.15) is 0 Å². The Morgan fingerprint density at radius 2 is 2.28 bits per heavy atom. The number of hydrogen-bond donors (Lipinski definition) is 2. The van der Waals surface area contributed by atoms with Gasteiger partial charge in [-0.2, -0.15) is 0 Å². The molecule has 2 aromatic rings. The fraction of sp³-hybridized carbons (Fsp3) is 0.250. The molecule has 1 aromatic carbocycles. The maximum Gasteiger partial charge on any atom is 0.230 e. The second-order valence-corrected chi connectivity index (χ2v) is 4.53. The molecule has 0 bridgehead atoms. The van der Waals surface area contributed by atoms with Gasteiger partial charge in [-0.3, -0.25) is 0 Å². The van der Waals surface area contributed by atoms with Crippen molar-refractivity contribution in [2.75, 3.05) is 12.8 Å². The number of methoxy groups -OCH3 is 1. The van der Waals surface area contributed by atoms with Gasteiger partial charge in [0.2, 0.25) is 5.88 Å². The number of aryl methyl sites for hydroxylation is 1. The van der Waals surface area contributed by atoms with Crippen molar-refractivity contribution in [3.63, 3.8) is 0 Å². The van der Waals surface area contributed by atoms with E-state index in [9.17, 15) is 5.11 Å². The summed E-state index contributed by atoms with van der Waals surface area (Å²) in [6.07, 6.45) is 2.25. The van der Waals surface area contributed by atoms with Gasteiger partial charge in [0.25, 0.3) is 0 Å². The highest BCUT2D eigenvalue weighted by Gasteiger charge is 2.21. The maximum atomic E-state index is 10.2. The van der Waals surface area contributed by atoms with E-state index in [-0.39, 0.29) is 11.6 Å². The van der Waals surface area contributed by atoms with Crippen LogP contribution in [0.2, 0.25) is 0 Å². The summed E-state index contributed by atoms with van der Waals surface area (Å²) in [5.74, 6) is 0.559. The fourth-order valence-corrected chi connectivity index (χ4v) is 2.57. The molecule has 0 saturated heterocycles. The molecule has 0 spiro atoms. The van der Waals surface area contributed by atoms with E-state index >= 15 is 0 Å². The van der Waals surface area contributed by atoms with Crippen LogP contribution < -0.4 is 10.5 Å². The van der Waals surface area contributed by atoms with E-state index < -0.39 is 0 Å². The topological polar surface area (TPSA) is 81.5 Å². The molecule has 0 fully saturated rings. The van der Waals surface area contributed by atoms with Crippen molar-refractivity contribution in [3.05, 3.63) is 22.3 Å². The molecule has 0 aliphatic rings. The Balaban J connectivity index is 2.76. The Labute approximate surface area is 113 Å². The molecule has 0 aliphatic heterocycles. The molecule has 0 radical (unpaired) electrons. The molecular weight excluding hydrogens is 300 g/mol. The van der Waals surface area contributed by atoms with Crippen molar-refractivity contribution in [1.29, 1.82) is 0 Å². The first-order valence-electron chi connectivity index (χ1n) is 5.39. The number of hydrogen-bond acceptors (Lipinski definition) is 5. The summed E-state index contributed by atoms with van der Waals surface area (Å²) in [6, 6.07) is 1.78. The van der Waals surface area contributed by atoms with E-state index in [1.165, 1.54) is 13.3 Å². The number of halogens is 1. The van der Waals surface area contributed by atoms with Gasteiger partial charge >= 0.3 is 0 Å². The second-order valence-electron chi connectivity index (χ2n) is 3.73. The normalized spacial score (nSPS) is 10.6. The number of anilines is 1. The molecule has 3 N–H and O–H groups in total. The van der Waals surface area contributed by atoms with Crippen LogP contribution in [0.4, 0.5) is 5.88 Å². The number of rotatable bonds is 3. The van der Waals surface area contributed by atoms with Gasteiger partial charge in [-0.05, 0) is 34.0 Å². The molecule has 18 heavy (non-hydrogen) atoms. The third-order valence-corrected chi connectivity index (χ3v) is 3.65. The molecule has 6 heteroatoms. The second kappa shape index (κ2) is 4.89. The molecular formula is C12H13BrN2O3. The number of phenols is 1. The number of aromatic hydroxyl groups is 1. The summed E-state index contributed by atoms with van der Waals surface area (Å²) in [5.41, 5.74) is 7.76. The molecule has 96 valence electrons. The molecule has 0 aliphatic carbocycles. The molecule has 0 saturated carbocycles. The Bertz CT molecular complexity index is 553. The van der Waals surface area contributed by atoms with Gasteiger partial charge in [0.15, 0.2) is 11.5 Å². The molecule has 1 heterocycles. The van der Waals surface area contributed by atoms with Crippen molar-refractivity contribution < 1.29 is 14.4 Å². The lowest BCUT2D eigenvalue weighted by molar-refractivity contribution is 0.373. The first-order chi connectivity index (χ1) is 8.60. The number of ether oxygens (including phenoxy) is 1. The van der Waals surface area contributed by atoms with Crippen LogP contribution in [0.15, 0.2) is 21.3 Å². The van der Waals surface area contributed by atoms with Crippen molar-refractivity contribution in [2.24, 2.45) is 0 Å². The summed E-state index contributed by atoms with van der Waals surface area (Å²) in [5, 5.41) is 13.8. The first-order valence-corrected chi connectivity index (χ1v) is 6.18. The van der Waals surface area contributed by atoms with Crippen LogP contribution in [-0.2, 0) is 6.42 Å². The number of aromatic nitrogens is 1. The minimum absolute atomic E-state index is 0.0106. The predicted molar refractivity (Wildman–Crippen MR) is 71.6 cm³/mol. The van der Waals surface area contributed by atoms with E-state index in [0.717, 1.165) is 16.5 Å². The van der Waals surface area contributed by atoms with Crippen LogP contribution in [0.3, 0.4) is 0 Å². The Morgan fingerprint density at radius 3 is 2.78 bits per heavy atom. The predicted octanol–water partition coefficient (Wildman–Crippen LogP) is 2.96. The lowest BCUT2D eigenvalue weighted by Gasteiger charge is -2.13. The average molecular weight is 313 g/mol. The highest BCUT2D eigenvalue weighted by molar-refractivity contribution is 9.10. The van der Waals surface area contributed by atoms with Crippen LogP contribution in [0, 0.1) is 0 Å². The summed E-state index contributed by atoms with van der Waals surface area (Å²) < 4.78 is 10.8. The lowest BCUT2D eigenvalue weighted by Crippen LogP contribution is -1.94. The third-order valence-electron chi connectivity index (χ3n) is 2.75. The zero-order valence-electron chi connectivity index (χ0n) is 10.0. The minimum Gasteiger partial charge on any atom is -0.504 e. The van der Waals surface area contributed by atoms with Crippen molar-refractivity contribution in [2.45, 2.75) is 13.3 Å². The van der Waals surface area contributed by atoms with Crippen molar-refractivity contribution in [3.8, 4) is 22.6 Å². The number of nitrogens with zero attached hydrogens (tertiary/aromatic N) is 1. The maximum absolute atomic E-state index is 10.2. The summed E-state index contributed by atoms with van der Waals surface area (Å²) >= 11 is 3.47. The van der Waals surface area contributed by atoms with E-state index in [0.29, 0.717) is 16.9 Å². The standard InChI is InChI=1S/C12H13BrN2O3/c1-3-6-4-8(17-2)11(16)9(10(6)13)7-5-15-18-12(7)14/h4-5,16H,3,14H2,1-2H3. The highest BCUT2D eigenvalue weighted by atomic mass is 79.9. The van der Waals surface area contributed by atoms with Crippen LogP contribution in [-0.4, -0.2) is 17.4 Å². The van der Waals surface area contributed by atoms with Crippen molar-refractivity contribution in [1.82, 2.24) is 5.16 Å². The number of benzene rings is 1. The van der Waals surface area contributed by atoms with Gasteiger partial charge in [0.05, 0.1) is 18.9 Å². The van der Waals surface area contributed by atoms with Gasteiger partial charge in [0, 0.05) is 10.0 Å². The number of nitrogens with two attached hydrogens (primary N) is 1. The fourth-order valence-electron chi connectivity index (χ4n) is 1.77. The monoisotopic (exact) mass is 312 g/mol. The number of phenolic OH excluding ortho intramolecular Hbond substituents is 1. The quantitative estimate of drug-likeness (QED) is 0.910. The van der Waals surface area contributed by atoms with Gasteiger partial charge in [-0.25, -0.2) is 0 Å². The Kier molecular flexibility index (Phi) is 3.47. The van der Waals surface area contributed by atoms with Crippen LogP contribution in [0.5, 0.6) is 11.5 Å². The van der Waals surface area contributed by atoms with E-state index in [1.54, 1.807) is 6.07 Å². The largest absolute Gasteiger partial charge is 0.504 e. The minimum atomic E-state index is 0.0106. The Morgan fingerprint density at radius 1 is 1.56 bits per heavy atom. The summed E-state index contributed by atoms with van der Waals surface area (Å²) in [4.78, 5) is 0. The third kappa shape index (κ3) is 1.92. The molecule has 5 nitrogen and oxygen atoms in total. The van der Waals surface area contributed by atoms with Crippen LogP contribution in [0.1, 0.15) is 12.5 Å². The van der Waals surface area contributed by atoms with E-state index in [4.69, 9.17) is 15.0 Å². The zero-order valence-corrected chi connectivity index (χ0v) is 11.6.